The van der Waals surface area contributed by atoms with Crippen LogP contribution in [0, 0.1) is 11.8 Å². The van der Waals surface area contributed by atoms with Crippen molar-refractivity contribution in [1.29, 1.82) is 0 Å². The molecule has 1 N–H and O–H groups in total. The quantitative estimate of drug-likeness (QED) is 0.650. The Morgan fingerprint density at radius 1 is 1.42 bits per heavy atom. The van der Waals surface area contributed by atoms with Crippen LogP contribution in [0.5, 0.6) is 0 Å². The van der Waals surface area contributed by atoms with E-state index in [1.807, 2.05) is 18.2 Å². The lowest BCUT2D eigenvalue weighted by molar-refractivity contribution is -0.141. The van der Waals surface area contributed by atoms with Gasteiger partial charge in [-0.3, -0.25) is 9.59 Å². The molecule has 1 amide bonds. The minimum Gasteiger partial charge on any atom is -0.465 e. The van der Waals surface area contributed by atoms with Gasteiger partial charge in [-0.25, -0.2) is 0 Å². The summed E-state index contributed by atoms with van der Waals surface area (Å²) in [5.74, 6) is 5.47. The number of ether oxygens (including phenoxy) is 1. The molecule has 0 saturated carbocycles. The highest BCUT2D eigenvalue weighted by atomic mass is 16.5. The fourth-order valence-corrected chi connectivity index (χ4v) is 1.89. The number of hydrogen-bond acceptors (Lipinski definition) is 3. The number of anilines is 1. The Labute approximate surface area is 112 Å². The number of benzene rings is 1. The molecule has 98 valence electrons. The number of carbonyl (C=O) groups excluding carboxylic acids is 2. The zero-order valence-electron chi connectivity index (χ0n) is 10.8. The highest BCUT2D eigenvalue weighted by Gasteiger charge is 2.14. The van der Waals surface area contributed by atoms with Gasteiger partial charge in [0.15, 0.2) is 0 Å². The first-order valence-corrected chi connectivity index (χ1v) is 6.26. The minimum absolute atomic E-state index is 0.0497. The Morgan fingerprint density at radius 2 is 2.26 bits per heavy atom. The van der Waals surface area contributed by atoms with E-state index in [-0.39, 0.29) is 18.3 Å². The number of amides is 1. The molecule has 1 aromatic rings. The second-order valence-electron chi connectivity index (χ2n) is 4.20. The van der Waals surface area contributed by atoms with E-state index in [2.05, 4.69) is 17.2 Å². The van der Waals surface area contributed by atoms with Gasteiger partial charge < -0.3 is 10.1 Å². The number of fused-ring (bicyclic) bond motifs is 1. The van der Waals surface area contributed by atoms with E-state index in [0.717, 1.165) is 23.2 Å². The molecule has 0 saturated heterocycles. The van der Waals surface area contributed by atoms with Crippen LogP contribution < -0.4 is 5.32 Å². The second kappa shape index (κ2) is 6.05. The van der Waals surface area contributed by atoms with Gasteiger partial charge in [0, 0.05) is 17.7 Å². The molecule has 2 rings (SSSR count). The Hall–Kier alpha value is -2.28. The highest BCUT2D eigenvalue weighted by Crippen LogP contribution is 2.23. The first-order valence-electron chi connectivity index (χ1n) is 6.26. The number of carbonyl (C=O) groups is 2. The van der Waals surface area contributed by atoms with Gasteiger partial charge in [-0.2, -0.15) is 0 Å². The van der Waals surface area contributed by atoms with Crippen LogP contribution in [0.2, 0.25) is 0 Å². The predicted octanol–water partition coefficient (Wildman–Crippen LogP) is 1.88. The summed E-state index contributed by atoms with van der Waals surface area (Å²) < 4.78 is 4.79. The number of esters is 1. The Morgan fingerprint density at radius 3 is 3.05 bits per heavy atom. The van der Waals surface area contributed by atoms with Crippen molar-refractivity contribution >= 4 is 17.6 Å². The fourth-order valence-electron chi connectivity index (χ4n) is 1.89. The predicted molar refractivity (Wildman–Crippen MR) is 71.5 cm³/mol. The van der Waals surface area contributed by atoms with Gasteiger partial charge in [-0.05, 0) is 37.1 Å². The van der Waals surface area contributed by atoms with E-state index < -0.39 is 0 Å². The summed E-state index contributed by atoms with van der Waals surface area (Å²) in [6, 6.07) is 5.64. The van der Waals surface area contributed by atoms with Crippen molar-refractivity contribution in [3.05, 3.63) is 29.3 Å². The first-order chi connectivity index (χ1) is 9.19. The maximum Gasteiger partial charge on any atom is 0.317 e. The lowest BCUT2D eigenvalue weighted by atomic mass is 10.0. The van der Waals surface area contributed by atoms with Crippen LogP contribution in [0.25, 0.3) is 0 Å². The maximum atomic E-state index is 11.2. The van der Waals surface area contributed by atoms with Crippen molar-refractivity contribution in [2.24, 2.45) is 0 Å². The van der Waals surface area contributed by atoms with E-state index >= 15 is 0 Å². The molecule has 4 heteroatoms. The molecule has 1 aromatic carbocycles. The Kier molecular flexibility index (Phi) is 4.19. The van der Waals surface area contributed by atoms with Gasteiger partial charge in [-0.15, -0.1) is 0 Å². The lowest BCUT2D eigenvalue weighted by Crippen LogP contribution is -2.18. The molecule has 0 bridgehead atoms. The molecule has 0 unspecified atom stereocenters. The summed E-state index contributed by atoms with van der Waals surface area (Å²) in [5, 5.41) is 2.82. The molecule has 0 radical (unpaired) electrons. The normalized spacial score (nSPS) is 12.8. The lowest BCUT2D eigenvalue weighted by Gasteiger charge is -2.16. The van der Waals surface area contributed by atoms with Crippen LogP contribution in [0.4, 0.5) is 5.69 Å². The summed E-state index contributed by atoms with van der Waals surface area (Å²) in [7, 11) is 0. The van der Waals surface area contributed by atoms with Crippen LogP contribution in [-0.4, -0.2) is 18.5 Å². The van der Waals surface area contributed by atoms with Gasteiger partial charge in [0.2, 0.25) is 5.91 Å². The second-order valence-corrected chi connectivity index (χ2v) is 4.20. The average Bonchev–Trinajstić information content (AvgIpc) is 2.39. The molecular weight excluding hydrogens is 242 g/mol. The van der Waals surface area contributed by atoms with Crippen molar-refractivity contribution in [3.63, 3.8) is 0 Å². The fraction of sp³-hybridized carbons (Fsp3) is 0.333. The summed E-state index contributed by atoms with van der Waals surface area (Å²) in [5.41, 5.74) is 2.79. The van der Waals surface area contributed by atoms with Crippen LogP contribution in [0.15, 0.2) is 18.2 Å². The van der Waals surface area contributed by atoms with E-state index in [1.54, 1.807) is 6.92 Å². The first kappa shape index (κ1) is 13.2. The van der Waals surface area contributed by atoms with Crippen molar-refractivity contribution in [2.75, 3.05) is 11.9 Å². The third-order valence-corrected chi connectivity index (χ3v) is 2.77. The molecule has 0 fully saturated rings. The number of aryl methyl sites for hydroxylation is 1. The van der Waals surface area contributed by atoms with Gasteiger partial charge in [-0.1, -0.05) is 11.8 Å². The van der Waals surface area contributed by atoms with E-state index in [1.165, 1.54) is 0 Å². The van der Waals surface area contributed by atoms with E-state index in [9.17, 15) is 9.59 Å². The molecule has 1 heterocycles. The van der Waals surface area contributed by atoms with Gasteiger partial charge in [0.25, 0.3) is 0 Å². The van der Waals surface area contributed by atoms with Gasteiger partial charge in [0.1, 0.15) is 6.42 Å². The maximum absolute atomic E-state index is 11.2. The van der Waals surface area contributed by atoms with Crippen LogP contribution in [0.1, 0.15) is 30.9 Å². The zero-order valence-corrected chi connectivity index (χ0v) is 10.8. The Bertz CT molecular complexity index is 566. The highest BCUT2D eigenvalue weighted by molar-refractivity contribution is 5.94. The van der Waals surface area contributed by atoms with Crippen LogP contribution >= 0.6 is 0 Å². The summed E-state index contributed by atoms with van der Waals surface area (Å²) in [6.45, 7) is 2.14. The topological polar surface area (TPSA) is 55.4 Å². The van der Waals surface area contributed by atoms with Gasteiger partial charge >= 0.3 is 5.97 Å². The van der Waals surface area contributed by atoms with Crippen molar-refractivity contribution < 1.29 is 14.3 Å². The molecule has 0 spiro atoms. The third kappa shape index (κ3) is 3.59. The van der Waals surface area contributed by atoms with Crippen LogP contribution in [-0.2, 0) is 20.7 Å². The summed E-state index contributed by atoms with van der Waals surface area (Å²) in [6.07, 6.45) is 1.34. The summed E-state index contributed by atoms with van der Waals surface area (Å²) >= 11 is 0. The smallest absolute Gasteiger partial charge is 0.317 e. The molecule has 0 aromatic heterocycles. The van der Waals surface area contributed by atoms with Gasteiger partial charge in [0.05, 0.1) is 6.61 Å². The van der Waals surface area contributed by atoms with Crippen molar-refractivity contribution in [1.82, 2.24) is 0 Å². The van der Waals surface area contributed by atoms with Crippen LogP contribution in [0.3, 0.4) is 0 Å². The molecular formula is C15H15NO3. The minimum atomic E-state index is -0.305. The Balaban J connectivity index is 2.05. The number of hydrogen-bond donors (Lipinski definition) is 1. The number of nitrogens with one attached hydrogen (secondary N) is 1. The van der Waals surface area contributed by atoms with Crippen molar-refractivity contribution in [2.45, 2.75) is 26.2 Å². The summed E-state index contributed by atoms with van der Waals surface area (Å²) in [4.78, 5) is 22.4. The molecule has 0 atom stereocenters. The molecule has 0 aliphatic carbocycles. The molecule has 4 nitrogen and oxygen atoms in total. The zero-order chi connectivity index (χ0) is 13.7. The molecule has 19 heavy (non-hydrogen) atoms. The molecule has 1 aliphatic heterocycles. The standard InChI is InChI=1S/C15H15NO3/c1-2-19-15(18)5-3-4-11-6-8-13-12(10-11)7-9-14(17)16-13/h6,8,10H,2,5,7,9H2,1H3,(H,16,17). The van der Waals surface area contributed by atoms with Crippen molar-refractivity contribution in [3.8, 4) is 11.8 Å². The number of rotatable bonds is 2. The monoisotopic (exact) mass is 257 g/mol. The molecule has 1 aliphatic rings. The SMILES string of the molecule is CCOC(=O)CC#Cc1ccc2c(c1)CCC(=O)N2. The largest absolute Gasteiger partial charge is 0.465 e. The van der Waals surface area contributed by atoms with E-state index in [4.69, 9.17) is 4.74 Å². The third-order valence-electron chi connectivity index (χ3n) is 2.77. The average molecular weight is 257 g/mol. The van der Waals surface area contributed by atoms with E-state index in [0.29, 0.717) is 13.0 Å².